The number of nitrogens with one attached hydrogen (secondary N) is 3. The molecule has 7 rings (SSSR count). The van der Waals surface area contributed by atoms with E-state index >= 15 is 4.79 Å². The first-order chi connectivity index (χ1) is 30.2. The molecule has 0 aromatic heterocycles. The smallest absolute Gasteiger partial charge is 0.408 e. The van der Waals surface area contributed by atoms with Gasteiger partial charge in [-0.25, -0.2) is 21.6 Å². The van der Waals surface area contributed by atoms with Crippen molar-refractivity contribution < 1.29 is 50.4 Å². The zero-order chi connectivity index (χ0) is 46.2. The highest BCUT2D eigenvalue weighted by Crippen LogP contribution is 2.47. The van der Waals surface area contributed by atoms with Gasteiger partial charge >= 0.3 is 6.09 Å². The van der Waals surface area contributed by atoms with Crippen LogP contribution in [0.4, 0.5) is 10.5 Å². The molecule has 3 aromatic carbocycles. The number of nitrogens with zero attached hydrogens (tertiary/aromatic N) is 3. The maximum absolute atomic E-state index is 15.3. The Balaban J connectivity index is 1.33. The second kappa shape index (κ2) is 17.7. The third kappa shape index (κ3) is 9.69. The molecule has 64 heavy (non-hydrogen) atoms. The summed E-state index contributed by atoms with van der Waals surface area (Å²) in [5.74, 6) is -3.35. The molecule has 3 fully saturated rings. The number of amides is 4. The van der Waals surface area contributed by atoms with E-state index in [2.05, 4.69) is 15.4 Å². The number of benzene rings is 3. The van der Waals surface area contributed by atoms with Gasteiger partial charge in [0.2, 0.25) is 31.9 Å². The molecule has 18 nitrogen and oxygen atoms in total. The molecule has 5 atom stereocenters. The summed E-state index contributed by atoms with van der Waals surface area (Å²) in [6, 6.07) is 18.5. The molecule has 2 unspecified atom stereocenters. The number of nitro benzene ring substituents is 1. The topological polar surface area (TPSA) is 241 Å². The van der Waals surface area contributed by atoms with Gasteiger partial charge in [-0.15, -0.1) is 0 Å². The van der Waals surface area contributed by atoms with E-state index < -0.39 is 106 Å². The van der Waals surface area contributed by atoms with Crippen molar-refractivity contribution in [2.75, 3.05) is 26.7 Å². The highest BCUT2D eigenvalue weighted by Gasteiger charge is 2.63. The summed E-state index contributed by atoms with van der Waals surface area (Å²) in [6.45, 7) is 3.45. The predicted octanol–water partition coefficient (Wildman–Crippen LogP) is 4.12. The number of carbonyl (C=O) groups excluding carboxylic acids is 4. The van der Waals surface area contributed by atoms with Crippen LogP contribution in [0.5, 0.6) is 0 Å². The molecule has 2 saturated carbocycles. The summed E-state index contributed by atoms with van der Waals surface area (Å²) in [5.41, 5.74) is -2.47. The van der Waals surface area contributed by atoms with E-state index in [-0.39, 0.29) is 38.8 Å². The molecular formula is C44H52N6O12S2. The van der Waals surface area contributed by atoms with Gasteiger partial charge < -0.3 is 25.0 Å². The number of hydrogen-bond donors (Lipinski definition) is 3. The predicted molar refractivity (Wildman–Crippen MR) is 233 cm³/mol. The Morgan fingerprint density at radius 1 is 0.922 bits per heavy atom. The van der Waals surface area contributed by atoms with Crippen molar-refractivity contribution in [1.29, 1.82) is 0 Å². The summed E-state index contributed by atoms with van der Waals surface area (Å²) >= 11 is 0. The first-order valence-corrected chi connectivity index (χ1v) is 24.0. The molecule has 0 bridgehead atoms. The Hall–Kier alpha value is -5.70. The minimum Gasteiger partial charge on any atom is -0.444 e. The fourth-order valence-electron chi connectivity index (χ4n) is 8.34. The molecule has 2 heterocycles. The van der Waals surface area contributed by atoms with E-state index in [1.54, 1.807) is 45.1 Å². The lowest BCUT2D eigenvalue weighted by Gasteiger charge is -2.33. The number of alkyl carbamates (subject to hydrolysis) is 1. The van der Waals surface area contributed by atoms with E-state index in [9.17, 15) is 41.3 Å². The highest BCUT2D eigenvalue weighted by atomic mass is 32.2. The second-order valence-electron chi connectivity index (χ2n) is 17.6. The van der Waals surface area contributed by atoms with Gasteiger partial charge in [-0.2, -0.15) is 4.31 Å². The number of sulfonamides is 2. The lowest BCUT2D eigenvalue weighted by atomic mass is 9.89. The lowest BCUT2D eigenvalue weighted by Crippen LogP contribution is -2.60. The molecule has 0 radical (unpaired) electrons. The zero-order valence-corrected chi connectivity index (χ0v) is 37.5. The zero-order valence-electron chi connectivity index (χ0n) is 35.9. The van der Waals surface area contributed by atoms with Crippen molar-refractivity contribution in [2.45, 2.75) is 98.3 Å². The highest BCUT2D eigenvalue weighted by molar-refractivity contribution is 7.91. The molecular weight excluding hydrogens is 869 g/mol. The number of methoxy groups -OCH3 is 1. The molecule has 342 valence electrons. The molecule has 2 aliphatic heterocycles. The van der Waals surface area contributed by atoms with Gasteiger partial charge in [0.1, 0.15) is 28.8 Å². The first kappa shape index (κ1) is 46.3. The Morgan fingerprint density at radius 2 is 1.58 bits per heavy atom. The number of rotatable bonds is 10. The van der Waals surface area contributed by atoms with Crippen LogP contribution in [-0.4, -0.2) is 110 Å². The van der Waals surface area contributed by atoms with Crippen LogP contribution in [0, 0.1) is 16.0 Å². The van der Waals surface area contributed by atoms with Crippen LogP contribution in [0.15, 0.2) is 95.9 Å². The van der Waals surface area contributed by atoms with E-state index in [0.717, 1.165) is 32.5 Å². The number of carbonyl (C=O) groups is 4. The third-order valence-electron chi connectivity index (χ3n) is 12.0. The Morgan fingerprint density at radius 3 is 2.22 bits per heavy atom. The molecule has 2 aliphatic carbocycles. The average molecular weight is 921 g/mol. The second-order valence-corrected chi connectivity index (χ2v) is 21.5. The van der Waals surface area contributed by atoms with Crippen molar-refractivity contribution >= 4 is 49.5 Å². The maximum Gasteiger partial charge on any atom is 0.408 e. The van der Waals surface area contributed by atoms with Gasteiger partial charge in [-0.1, -0.05) is 78.9 Å². The van der Waals surface area contributed by atoms with Crippen LogP contribution in [0.1, 0.15) is 64.9 Å². The van der Waals surface area contributed by atoms with Crippen molar-refractivity contribution in [3.05, 3.63) is 107 Å². The van der Waals surface area contributed by atoms with Gasteiger partial charge in [0.25, 0.3) is 11.6 Å². The van der Waals surface area contributed by atoms with E-state index in [0.29, 0.717) is 18.4 Å². The summed E-state index contributed by atoms with van der Waals surface area (Å²) in [6.07, 6.45) is 3.18. The van der Waals surface area contributed by atoms with Gasteiger partial charge in [0, 0.05) is 38.6 Å². The number of fused-ring (bicyclic) bond motifs is 2. The standard InChI is InChI=1S/C44H52N6O12S2/c1-42(2,3)62-41(54)45-34-27-48(64(59,60)37-17-11-10-16-35(37)50(55)56)24-12-6-9-15-32-25-44(32,40(53)47-63(57,58)33-22-23-33)46-38(51)36-26-43(61-4,28-49(36)39(34)52)31-20-18-30(19-21-31)29-13-7-5-8-14-29/h5,7-11,13-21,32-34,36H,6,12,22-28H2,1-4H3,(H,45,54)(H,46,51)(H,47,53)/b15-9-/t32?,34?,36-,43-,44+/m0/s1. The minimum atomic E-state index is -4.76. The van der Waals surface area contributed by atoms with Crippen LogP contribution in [0.2, 0.25) is 0 Å². The Bertz CT molecular complexity index is 2560. The average Bonchev–Trinajstić information content (AvgIpc) is 4.18. The maximum atomic E-state index is 15.3. The van der Waals surface area contributed by atoms with Crippen LogP contribution < -0.4 is 15.4 Å². The molecule has 4 amide bonds. The van der Waals surface area contributed by atoms with Crippen molar-refractivity contribution in [1.82, 2.24) is 24.6 Å². The largest absolute Gasteiger partial charge is 0.444 e. The molecule has 4 aliphatic rings. The first-order valence-electron chi connectivity index (χ1n) is 21.0. The monoisotopic (exact) mass is 920 g/mol. The molecule has 3 N–H and O–H groups in total. The number of ether oxygens (including phenoxy) is 2. The molecule has 1 saturated heterocycles. The van der Waals surface area contributed by atoms with E-state index in [4.69, 9.17) is 9.47 Å². The van der Waals surface area contributed by atoms with Crippen molar-refractivity contribution in [3.63, 3.8) is 0 Å². The van der Waals surface area contributed by atoms with Gasteiger partial charge in [0.15, 0.2) is 4.90 Å². The van der Waals surface area contributed by atoms with Crippen molar-refractivity contribution in [3.8, 4) is 11.1 Å². The minimum absolute atomic E-state index is 0.0271. The molecule has 20 heteroatoms. The molecule has 0 spiro atoms. The summed E-state index contributed by atoms with van der Waals surface area (Å²) < 4.78 is 69.9. The fraction of sp³-hybridized carbons (Fsp3) is 0.455. The SMILES string of the molecule is CO[C@@]1(c2ccc(-c3ccccc3)cc2)C[C@H]2C(=O)N[C@]3(C(=O)NS(=O)(=O)C4CC4)CC3/C=C\CCCN(S(=O)(=O)c3ccccc3[N+](=O)[O-])CC(NC(=O)OC(C)(C)C)C(=O)N2C1. The summed E-state index contributed by atoms with van der Waals surface area (Å²) in [7, 11) is -7.38. The van der Waals surface area contributed by atoms with E-state index in [1.807, 2.05) is 42.5 Å². The molecule has 3 aromatic rings. The summed E-state index contributed by atoms with van der Waals surface area (Å²) in [4.78, 5) is 69.4. The number of hydrogen-bond acceptors (Lipinski definition) is 12. The Labute approximate surface area is 372 Å². The van der Waals surface area contributed by atoms with Crippen LogP contribution in [-0.2, 0) is 49.5 Å². The van der Waals surface area contributed by atoms with Crippen LogP contribution in [0.25, 0.3) is 11.1 Å². The number of allylic oxidation sites excluding steroid dienone is 1. The fourth-order valence-corrected chi connectivity index (χ4v) is 11.4. The van der Waals surface area contributed by atoms with E-state index in [1.165, 1.54) is 19.2 Å². The Kier molecular flexibility index (Phi) is 12.8. The normalized spacial score (nSPS) is 26.2. The quantitative estimate of drug-likeness (QED) is 0.148. The number of nitro groups is 1. The van der Waals surface area contributed by atoms with Crippen LogP contribution >= 0.6 is 0 Å². The van der Waals surface area contributed by atoms with Crippen LogP contribution in [0.3, 0.4) is 0 Å². The van der Waals surface area contributed by atoms with Gasteiger partial charge in [-0.05, 0) is 75.6 Å². The lowest BCUT2D eigenvalue weighted by molar-refractivity contribution is -0.387. The van der Waals surface area contributed by atoms with Crippen molar-refractivity contribution in [2.24, 2.45) is 5.92 Å². The van der Waals surface area contributed by atoms with Gasteiger partial charge in [-0.3, -0.25) is 29.2 Å². The van der Waals surface area contributed by atoms with Gasteiger partial charge in [0.05, 0.1) is 16.7 Å². The third-order valence-corrected chi connectivity index (χ3v) is 15.7. The summed E-state index contributed by atoms with van der Waals surface area (Å²) in [5, 5.41) is 16.7. The number of para-hydroxylation sites is 1.